The number of nitrogens with zero attached hydrogens (tertiary/aromatic N) is 3. The van der Waals surface area contributed by atoms with Gasteiger partial charge in [-0.2, -0.15) is 0 Å². The summed E-state index contributed by atoms with van der Waals surface area (Å²) in [6, 6.07) is 17.7. The van der Waals surface area contributed by atoms with Crippen molar-refractivity contribution in [2.24, 2.45) is 5.92 Å². The minimum absolute atomic E-state index is 0.0744. The van der Waals surface area contributed by atoms with E-state index in [1.807, 2.05) is 30.3 Å². The number of ether oxygens (including phenoxy) is 1. The van der Waals surface area contributed by atoms with Crippen molar-refractivity contribution in [2.75, 3.05) is 24.6 Å². The second kappa shape index (κ2) is 11.9. The van der Waals surface area contributed by atoms with Gasteiger partial charge in [0.15, 0.2) is 0 Å². The van der Waals surface area contributed by atoms with Crippen molar-refractivity contribution in [3.63, 3.8) is 0 Å². The predicted molar refractivity (Wildman–Crippen MR) is 149 cm³/mol. The third-order valence-electron chi connectivity index (χ3n) is 6.66. The Labute approximate surface area is 224 Å². The van der Waals surface area contributed by atoms with Crippen LogP contribution < -0.4 is 9.64 Å². The van der Waals surface area contributed by atoms with E-state index in [4.69, 9.17) is 4.74 Å². The number of amides is 1. The van der Waals surface area contributed by atoms with Gasteiger partial charge in [-0.15, -0.1) is 0 Å². The van der Waals surface area contributed by atoms with Gasteiger partial charge < -0.3 is 19.6 Å². The number of Topliss-reactive ketones (excluding diaryl/α,β-unsaturated/α-hetero) is 1. The van der Waals surface area contributed by atoms with Crippen LogP contribution in [0.2, 0.25) is 0 Å². The van der Waals surface area contributed by atoms with Gasteiger partial charge in [-0.3, -0.25) is 14.6 Å². The highest BCUT2D eigenvalue weighted by Crippen LogP contribution is 2.40. The first kappa shape index (κ1) is 26.9. The summed E-state index contributed by atoms with van der Waals surface area (Å²) in [6.45, 7) is 10.8. The molecule has 2 heterocycles. The van der Waals surface area contributed by atoms with Crippen molar-refractivity contribution in [1.29, 1.82) is 0 Å². The maximum atomic E-state index is 13.4. The zero-order chi connectivity index (χ0) is 27.2. The summed E-state index contributed by atoms with van der Waals surface area (Å²) in [5, 5.41) is 11.4. The maximum Gasteiger partial charge on any atom is 0.295 e. The number of hydrogen-bond donors (Lipinski definition) is 1. The Morgan fingerprint density at radius 1 is 1.03 bits per heavy atom. The highest BCUT2D eigenvalue weighted by atomic mass is 16.5. The van der Waals surface area contributed by atoms with Crippen molar-refractivity contribution < 1.29 is 19.4 Å². The summed E-state index contributed by atoms with van der Waals surface area (Å²) in [6.07, 6.45) is 3.34. The molecule has 1 atom stereocenters. The standard InChI is InChI=1S/C31H35N3O4/c1-5-33(6-2)25-13-9-23(10-14-25)28-27(29(35)24-11-15-26(16-12-24)38-20-21(3)4)30(36)31(37)34(28)19-22-8-7-17-32-18-22/h7-18,21,28,35H,5-6,19-20H2,1-4H3/b29-27-. The number of aliphatic hydroxyl groups excluding tert-OH is 1. The van der Waals surface area contributed by atoms with Crippen molar-refractivity contribution in [2.45, 2.75) is 40.3 Å². The topological polar surface area (TPSA) is 83.0 Å². The number of likely N-dealkylation sites (tertiary alicyclic amines) is 1. The van der Waals surface area contributed by atoms with E-state index in [1.165, 1.54) is 4.90 Å². The zero-order valence-corrected chi connectivity index (χ0v) is 22.4. The minimum Gasteiger partial charge on any atom is -0.507 e. The molecule has 4 rings (SSSR count). The van der Waals surface area contributed by atoms with Gasteiger partial charge in [-0.25, -0.2) is 0 Å². The highest BCUT2D eigenvalue weighted by Gasteiger charge is 2.46. The summed E-state index contributed by atoms with van der Waals surface area (Å²) in [4.78, 5) is 34.5. The summed E-state index contributed by atoms with van der Waals surface area (Å²) in [7, 11) is 0. The Kier molecular flexibility index (Phi) is 8.46. The zero-order valence-electron chi connectivity index (χ0n) is 22.4. The van der Waals surface area contributed by atoms with Gasteiger partial charge in [0.1, 0.15) is 11.5 Å². The van der Waals surface area contributed by atoms with Crippen molar-refractivity contribution in [3.8, 4) is 5.75 Å². The summed E-state index contributed by atoms with van der Waals surface area (Å²) < 4.78 is 5.75. The number of carbonyl (C=O) groups is 2. The van der Waals surface area contributed by atoms with E-state index in [2.05, 4.69) is 37.6 Å². The molecule has 0 saturated carbocycles. The average molecular weight is 514 g/mol. The smallest absolute Gasteiger partial charge is 0.295 e. The first-order valence-corrected chi connectivity index (χ1v) is 13.1. The Bertz CT molecular complexity index is 1280. The Hall–Kier alpha value is -4.13. The Balaban J connectivity index is 1.76. The predicted octanol–water partition coefficient (Wildman–Crippen LogP) is 5.58. The van der Waals surface area contributed by atoms with E-state index in [0.717, 1.165) is 29.9 Å². The monoisotopic (exact) mass is 513 g/mol. The number of rotatable bonds is 10. The fraction of sp³-hybridized carbons (Fsp3) is 0.323. The molecule has 3 aromatic rings. The number of carbonyl (C=O) groups excluding carboxylic acids is 2. The van der Waals surface area contributed by atoms with E-state index in [9.17, 15) is 14.7 Å². The summed E-state index contributed by atoms with van der Waals surface area (Å²) in [5.74, 6) is -0.498. The number of aliphatic hydroxyl groups is 1. The van der Waals surface area contributed by atoms with Gasteiger partial charge in [0.2, 0.25) is 0 Å². The number of ketones is 1. The van der Waals surface area contributed by atoms with Crippen LogP contribution in [0.1, 0.15) is 50.4 Å². The van der Waals surface area contributed by atoms with E-state index in [1.54, 1.807) is 42.7 Å². The number of benzene rings is 2. The summed E-state index contributed by atoms with van der Waals surface area (Å²) >= 11 is 0. The van der Waals surface area contributed by atoms with Gasteiger partial charge in [0.25, 0.3) is 11.7 Å². The van der Waals surface area contributed by atoms with Gasteiger partial charge in [0.05, 0.1) is 18.2 Å². The van der Waals surface area contributed by atoms with Gasteiger partial charge >= 0.3 is 0 Å². The maximum absolute atomic E-state index is 13.4. The molecule has 7 nitrogen and oxygen atoms in total. The lowest BCUT2D eigenvalue weighted by Crippen LogP contribution is -2.29. The second-order valence-electron chi connectivity index (χ2n) is 9.78. The van der Waals surface area contributed by atoms with Crippen LogP contribution in [-0.2, 0) is 16.1 Å². The normalized spacial score (nSPS) is 16.8. The molecule has 0 bridgehead atoms. The number of hydrogen-bond acceptors (Lipinski definition) is 6. The second-order valence-corrected chi connectivity index (χ2v) is 9.78. The largest absolute Gasteiger partial charge is 0.507 e. The Morgan fingerprint density at radius 2 is 1.71 bits per heavy atom. The van der Waals surface area contributed by atoms with Crippen LogP contribution in [-0.4, -0.2) is 46.4 Å². The van der Waals surface area contributed by atoms with Crippen LogP contribution in [0.15, 0.2) is 78.6 Å². The first-order valence-electron chi connectivity index (χ1n) is 13.1. The molecule has 1 saturated heterocycles. The SMILES string of the molecule is CCN(CC)c1ccc(C2/C(=C(/O)c3ccc(OCC(C)C)cc3)C(=O)C(=O)N2Cc2cccnc2)cc1. The molecule has 198 valence electrons. The van der Waals surface area contributed by atoms with Crippen molar-refractivity contribution in [1.82, 2.24) is 9.88 Å². The molecule has 2 aromatic carbocycles. The fourth-order valence-corrected chi connectivity index (χ4v) is 4.66. The average Bonchev–Trinajstić information content (AvgIpc) is 3.18. The molecule has 38 heavy (non-hydrogen) atoms. The lowest BCUT2D eigenvalue weighted by atomic mass is 9.95. The molecule has 0 spiro atoms. The first-order chi connectivity index (χ1) is 18.3. The molecule has 1 aromatic heterocycles. The van der Waals surface area contributed by atoms with Crippen LogP contribution in [0.3, 0.4) is 0 Å². The molecular weight excluding hydrogens is 478 g/mol. The third-order valence-corrected chi connectivity index (χ3v) is 6.66. The third kappa shape index (κ3) is 5.72. The van der Waals surface area contributed by atoms with Crippen molar-refractivity contribution >= 4 is 23.1 Å². The molecule has 1 aliphatic rings. The van der Waals surface area contributed by atoms with Crippen LogP contribution in [0.5, 0.6) is 5.75 Å². The lowest BCUT2D eigenvalue weighted by molar-refractivity contribution is -0.140. The minimum atomic E-state index is -0.738. The molecule has 1 N–H and O–H groups in total. The molecule has 0 aliphatic carbocycles. The van der Waals surface area contributed by atoms with Gasteiger partial charge in [-0.1, -0.05) is 32.0 Å². The van der Waals surface area contributed by atoms with Crippen molar-refractivity contribution in [3.05, 3.63) is 95.3 Å². The van der Waals surface area contributed by atoms with Crippen LogP contribution >= 0.6 is 0 Å². The number of aromatic nitrogens is 1. The molecule has 0 radical (unpaired) electrons. The highest BCUT2D eigenvalue weighted by molar-refractivity contribution is 6.46. The van der Waals surface area contributed by atoms with Gasteiger partial charge in [-0.05, 0) is 73.4 Å². The Morgan fingerprint density at radius 3 is 2.29 bits per heavy atom. The van der Waals surface area contributed by atoms with E-state index >= 15 is 0 Å². The van der Waals surface area contributed by atoms with Crippen LogP contribution in [0.4, 0.5) is 5.69 Å². The molecule has 1 unspecified atom stereocenters. The number of pyridine rings is 1. The summed E-state index contributed by atoms with van der Waals surface area (Å²) in [5.41, 5.74) is 3.13. The van der Waals surface area contributed by atoms with E-state index < -0.39 is 17.7 Å². The lowest BCUT2D eigenvalue weighted by Gasteiger charge is -2.26. The molecule has 1 aliphatic heterocycles. The van der Waals surface area contributed by atoms with Crippen LogP contribution in [0.25, 0.3) is 5.76 Å². The molecule has 1 amide bonds. The number of anilines is 1. The molecular formula is C31H35N3O4. The quantitative estimate of drug-likeness (QED) is 0.216. The van der Waals surface area contributed by atoms with E-state index in [0.29, 0.717) is 23.8 Å². The van der Waals surface area contributed by atoms with Crippen LogP contribution in [0, 0.1) is 5.92 Å². The van der Waals surface area contributed by atoms with Gasteiger partial charge in [0, 0.05) is 43.3 Å². The molecule has 1 fully saturated rings. The van der Waals surface area contributed by atoms with E-state index in [-0.39, 0.29) is 17.9 Å². The fourth-order valence-electron chi connectivity index (χ4n) is 4.66. The molecule has 7 heteroatoms.